The van der Waals surface area contributed by atoms with Gasteiger partial charge in [-0.1, -0.05) is 28.1 Å². The molecule has 5 heteroatoms. The van der Waals surface area contributed by atoms with E-state index in [1.54, 1.807) is 14.0 Å². The van der Waals surface area contributed by atoms with Crippen LogP contribution in [0.4, 0.5) is 0 Å². The van der Waals surface area contributed by atoms with E-state index >= 15 is 0 Å². The molecule has 0 radical (unpaired) electrons. The summed E-state index contributed by atoms with van der Waals surface area (Å²) in [6, 6.07) is 11.4. The Bertz CT molecular complexity index is 627. The van der Waals surface area contributed by atoms with E-state index < -0.39 is 6.10 Å². The number of rotatable bonds is 5. The molecule has 0 heterocycles. The summed E-state index contributed by atoms with van der Waals surface area (Å²) in [5.41, 5.74) is 1.78. The summed E-state index contributed by atoms with van der Waals surface area (Å²) in [5.74, 6) is 1.46. The zero-order valence-electron chi connectivity index (χ0n) is 11.8. The van der Waals surface area contributed by atoms with Crippen molar-refractivity contribution in [3.8, 4) is 11.5 Å². The summed E-state index contributed by atoms with van der Waals surface area (Å²) in [6.45, 7) is 2.14. The van der Waals surface area contributed by atoms with E-state index in [0.717, 1.165) is 25.8 Å². The van der Waals surface area contributed by atoms with E-state index in [9.17, 15) is 5.11 Å². The lowest BCUT2D eigenvalue weighted by atomic mass is 10.1. The largest absolute Gasteiger partial charge is 0.496 e. The van der Waals surface area contributed by atoms with Crippen LogP contribution in [0.1, 0.15) is 24.2 Å². The minimum atomic E-state index is -0.573. The van der Waals surface area contributed by atoms with Crippen molar-refractivity contribution < 1.29 is 14.6 Å². The first-order chi connectivity index (χ1) is 10.0. The van der Waals surface area contributed by atoms with Gasteiger partial charge in [-0.25, -0.2) is 0 Å². The van der Waals surface area contributed by atoms with Gasteiger partial charge in [0.15, 0.2) is 0 Å². The Morgan fingerprint density at radius 3 is 2.48 bits per heavy atom. The molecular weight excluding hydrogens is 400 g/mol. The molecule has 0 aliphatic carbocycles. The molecule has 1 atom stereocenters. The molecule has 1 N–H and O–H groups in total. The maximum atomic E-state index is 9.79. The molecule has 0 spiro atoms. The molecule has 0 amide bonds. The van der Waals surface area contributed by atoms with Crippen LogP contribution in [0.5, 0.6) is 11.5 Å². The van der Waals surface area contributed by atoms with Crippen LogP contribution >= 0.6 is 31.9 Å². The standard InChI is InChI=1S/C16H16Br2O3/c1-10(19)13-5-4-12(17)8-16(13)21-9-11-3-6-15(20-2)14(18)7-11/h3-8,10,19H,9H2,1-2H3/t10-/m1/s1. The minimum absolute atomic E-state index is 0.415. The van der Waals surface area contributed by atoms with Crippen molar-refractivity contribution in [1.29, 1.82) is 0 Å². The Hall–Kier alpha value is -1.04. The molecule has 21 heavy (non-hydrogen) atoms. The Labute approximate surface area is 141 Å². The van der Waals surface area contributed by atoms with Gasteiger partial charge in [0.1, 0.15) is 18.1 Å². The van der Waals surface area contributed by atoms with E-state index in [1.165, 1.54) is 0 Å². The quantitative estimate of drug-likeness (QED) is 0.758. The summed E-state index contributed by atoms with van der Waals surface area (Å²) < 4.78 is 12.8. The fraction of sp³-hybridized carbons (Fsp3) is 0.250. The summed E-state index contributed by atoms with van der Waals surface area (Å²) in [5, 5.41) is 9.79. The number of ether oxygens (including phenoxy) is 2. The second kappa shape index (κ2) is 7.29. The number of aliphatic hydroxyl groups is 1. The highest BCUT2D eigenvalue weighted by Crippen LogP contribution is 2.30. The minimum Gasteiger partial charge on any atom is -0.496 e. The SMILES string of the molecule is COc1ccc(COc2cc(Br)ccc2[C@@H](C)O)cc1Br. The lowest BCUT2D eigenvalue weighted by molar-refractivity contribution is 0.190. The summed E-state index contributed by atoms with van der Waals surface area (Å²) in [7, 11) is 1.63. The molecule has 0 saturated carbocycles. The van der Waals surface area contributed by atoms with Gasteiger partial charge >= 0.3 is 0 Å². The highest BCUT2D eigenvalue weighted by molar-refractivity contribution is 9.10. The highest BCUT2D eigenvalue weighted by atomic mass is 79.9. The first-order valence-corrected chi connectivity index (χ1v) is 8.02. The van der Waals surface area contributed by atoms with Gasteiger partial charge in [-0.15, -0.1) is 0 Å². The third-order valence-corrected chi connectivity index (χ3v) is 4.15. The smallest absolute Gasteiger partial charge is 0.133 e. The first kappa shape index (κ1) is 16.3. The van der Waals surface area contributed by atoms with Gasteiger partial charge < -0.3 is 14.6 Å². The molecule has 0 aliphatic heterocycles. The van der Waals surface area contributed by atoms with E-state index in [-0.39, 0.29) is 0 Å². The number of benzene rings is 2. The molecule has 0 fully saturated rings. The van der Waals surface area contributed by atoms with Crippen LogP contribution in [0.25, 0.3) is 0 Å². The Morgan fingerprint density at radius 1 is 1.10 bits per heavy atom. The lowest BCUT2D eigenvalue weighted by Gasteiger charge is -2.14. The summed E-state index contributed by atoms with van der Waals surface area (Å²) in [6.07, 6.45) is -0.573. The summed E-state index contributed by atoms with van der Waals surface area (Å²) >= 11 is 6.87. The molecule has 2 aromatic carbocycles. The summed E-state index contributed by atoms with van der Waals surface area (Å²) in [4.78, 5) is 0. The van der Waals surface area contributed by atoms with Crippen molar-refractivity contribution in [3.63, 3.8) is 0 Å². The van der Waals surface area contributed by atoms with Gasteiger partial charge in [-0.3, -0.25) is 0 Å². The average Bonchev–Trinajstić information content (AvgIpc) is 2.45. The van der Waals surface area contributed by atoms with Crippen LogP contribution < -0.4 is 9.47 Å². The number of aliphatic hydroxyl groups excluding tert-OH is 1. The van der Waals surface area contributed by atoms with Crippen LogP contribution in [-0.4, -0.2) is 12.2 Å². The molecule has 3 nitrogen and oxygen atoms in total. The number of hydrogen-bond donors (Lipinski definition) is 1. The fourth-order valence-electron chi connectivity index (χ4n) is 1.94. The lowest BCUT2D eigenvalue weighted by Crippen LogP contribution is -2.01. The first-order valence-electron chi connectivity index (χ1n) is 6.44. The normalized spacial score (nSPS) is 12.0. The zero-order valence-corrected chi connectivity index (χ0v) is 14.9. The van der Waals surface area contributed by atoms with Crippen molar-refractivity contribution >= 4 is 31.9 Å². The molecule has 0 unspecified atom stereocenters. The maximum absolute atomic E-state index is 9.79. The molecule has 0 bridgehead atoms. The van der Waals surface area contributed by atoms with Crippen LogP contribution in [0, 0.1) is 0 Å². The Balaban J connectivity index is 2.16. The third-order valence-electron chi connectivity index (χ3n) is 3.04. The highest BCUT2D eigenvalue weighted by Gasteiger charge is 2.10. The second-order valence-electron chi connectivity index (χ2n) is 4.62. The number of hydrogen-bond acceptors (Lipinski definition) is 3. The predicted molar refractivity (Wildman–Crippen MR) is 89.8 cm³/mol. The van der Waals surface area contributed by atoms with E-state index in [4.69, 9.17) is 9.47 Å². The van der Waals surface area contributed by atoms with E-state index in [2.05, 4.69) is 31.9 Å². The van der Waals surface area contributed by atoms with Gasteiger partial charge in [-0.05, 0) is 52.7 Å². The zero-order chi connectivity index (χ0) is 15.4. The topological polar surface area (TPSA) is 38.7 Å². The van der Waals surface area contributed by atoms with Crippen molar-refractivity contribution in [2.45, 2.75) is 19.6 Å². The molecule has 0 aromatic heterocycles. The molecule has 0 saturated heterocycles. The van der Waals surface area contributed by atoms with Crippen LogP contribution in [0.15, 0.2) is 45.3 Å². The molecule has 2 aromatic rings. The van der Waals surface area contributed by atoms with Crippen molar-refractivity contribution in [3.05, 3.63) is 56.5 Å². The molecule has 0 aliphatic rings. The fourth-order valence-corrected chi connectivity index (χ4v) is 2.87. The van der Waals surface area contributed by atoms with Crippen molar-refractivity contribution in [1.82, 2.24) is 0 Å². The van der Waals surface area contributed by atoms with Crippen molar-refractivity contribution in [2.24, 2.45) is 0 Å². The van der Waals surface area contributed by atoms with Gasteiger partial charge in [0.2, 0.25) is 0 Å². The average molecular weight is 416 g/mol. The van der Waals surface area contributed by atoms with Crippen LogP contribution in [0.2, 0.25) is 0 Å². The van der Waals surface area contributed by atoms with E-state index in [0.29, 0.717) is 12.4 Å². The third kappa shape index (κ3) is 4.22. The Morgan fingerprint density at radius 2 is 1.86 bits per heavy atom. The maximum Gasteiger partial charge on any atom is 0.133 e. The van der Waals surface area contributed by atoms with Gasteiger partial charge in [-0.2, -0.15) is 0 Å². The molecule has 112 valence electrons. The monoisotopic (exact) mass is 414 g/mol. The van der Waals surface area contributed by atoms with Gasteiger partial charge in [0.05, 0.1) is 17.7 Å². The predicted octanol–water partition coefficient (Wildman–Crippen LogP) is 4.85. The van der Waals surface area contributed by atoms with Crippen LogP contribution in [-0.2, 0) is 6.61 Å². The number of halogens is 2. The number of methoxy groups -OCH3 is 1. The van der Waals surface area contributed by atoms with E-state index in [1.807, 2.05) is 36.4 Å². The molecular formula is C16H16Br2O3. The van der Waals surface area contributed by atoms with Gasteiger partial charge in [0, 0.05) is 10.0 Å². The van der Waals surface area contributed by atoms with Gasteiger partial charge in [0.25, 0.3) is 0 Å². The van der Waals surface area contributed by atoms with Crippen LogP contribution in [0.3, 0.4) is 0 Å². The Kier molecular flexibility index (Phi) is 5.67. The second-order valence-corrected chi connectivity index (χ2v) is 6.39. The molecule has 2 rings (SSSR count). The van der Waals surface area contributed by atoms with Crippen molar-refractivity contribution in [2.75, 3.05) is 7.11 Å².